The van der Waals surface area contributed by atoms with E-state index in [1.54, 1.807) is 0 Å². The van der Waals surface area contributed by atoms with Crippen molar-refractivity contribution in [3.8, 4) is 0 Å². The van der Waals surface area contributed by atoms with Gasteiger partial charge in [0.25, 0.3) is 0 Å². The van der Waals surface area contributed by atoms with Gasteiger partial charge in [0.15, 0.2) is 0 Å². The summed E-state index contributed by atoms with van der Waals surface area (Å²) in [6, 6.07) is 19.1. The molecule has 0 bridgehead atoms. The molecule has 2 aromatic carbocycles. The zero-order chi connectivity index (χ0) is 17.2. The molecule has 0 unspecified atom stereocenters. The van der Waals surface area contributed by atoms with E-state index in [9.17, 15) is 9.59 Å². The summed E-state index contributed by atoms with van der Waals surface area (Å²) in [6.07, 6.45) is 1.39. The first-order valence-electron chi connectivity index (χ1n) is 7.57. The predicted octanol–water partition coefficient (Wildman–Crippen LogP) is 4.58. The Morgan fingerprint density at radius 3 is 1.80 bits per heavy atom. The second-order valence-corrected chi connectivity index (χ2v) is 7.44. The highest BCUT2D eigenvalue weighted by molar-refractivity contribution is 8.08. The van der Waals surface area contributed by atoms with E-state index >= 15 is 0 Å². The number of imidazole rings is 1. The fraction of sp³-hybridized carbons (Fsp3) is 0. The Balaban J connectivity index is 1.80. The first-order valence-corrected chi connectivity index (χ1v) is 9.20. The third-order valence-corrected chi connectivity index (χ3v) is 5.96. The van der Waals surface area contributed by atoms with Crippen molar-refractivity contribution in [2.24, 2.45) is 0 Å². The molecule has 6 heteroatoms. The third-order valence-electron chi connectivity index (χ3n) is 3.63. The maximum Gasteiger partial charge on any atom is 0.221 e. The van der Waals surface area contributed by atoms with Gasteiger partial charge in [-0.25, -0.2) is 4.98 Å². The molecule has 25 heavy (non-hydrogen) atoms. The maximum atomic E-state index is 12.9. The average Bonchev–Trinajstić information content (AvgIpc) is 3.14. The number of thioether (sulfide) groups is 2. The Kier molecular flexibility index (Phi) is 4.29. The summed E-state index contributed by atoms with van der Waals surface area (Å²) in [5, 5.41) is 0. The molecule has 0 fully saturated rings. The van der Waals surface area contributed by atoms with Gasteiger partial charge in [-0.2, -0.15) is 0 Å². The standard InChI is InChI=1S/C19H12N2O2S2/c22-16-14-15(21-11-20-14)17(23)19(25-13-9-5-2-6-10-13)18(16)24-12-7-3-1-4-8-12/h1-11H,(H,20,21). The molecule has 1 aromatic heterocycles. The number of ketones is 2. The molecule has 0 amide bonds. The molecular formula is C19H12N2O2S2. The highest BCUT2D eigenvalue weighted by atomic mass is 32.2. The van der Waals surface area contributed by atoms with E-state index in [-0.39, 0.29) is 23.0 Å². The number of hydrogen-bond donors (Lipinski definition) is 1. The molecule has 4 nitrogen and oxygen atoms in total. The van der Waals surface area contributed by atoms with E-state index in [1.807, 2.05) is 60.7 Å². The molecule has 0 atom stereocenters. The fourth-order valence-corrected chi connectivity index (χ4v) is 4.53. The summed E-state index contributed by atoms with van der Waals surface area (Å²) in [7, 11) is 0. The molecule has 3 aromatic rings. The molecule has 122 valence electrons. The average molecular weight is 364 g/mol. The minimum absolute atomic E-state index is 0.195. The Morgan fingerprint density at radius 2 is 1.24 bits per heavy atom. The van der Waals surface area contributed by atoms with Crippen LogP contribution in [0.1, 0.15) is 21.0 Å². The van der Waals surface area contributed by atoms with Crippen molar-refractivity contribution in [1.29, 1.82) is 0 Å². The van der Waals surface area contributed by atoms with Crippen molar-refractivity contribution in [3.63, 3.8) is 0 Å². The molecule has 0 saturated carbocycles. The smallest absolute Gasteiger partial charge is 0.221 e. The summed E-state index contributed by atoms with van der Waals surface area (Å²) >= 11 is 2.62. The van der Waals surface area contributed by atoms with Crippen LogP contribution in [0.15, 0.2) is 86.6 Å². The van der Waals surface area contributed by atoms with E-state index in [2.05, 4.69) is 9.97 Å². The lowest BCUT2D eigenvalue weighted by Crippen LogP contribution is -2.19. The number of aromatic amines is 1. The summed E-state index contributed by atoms with van der Waals surface area (Å²) < 4.78 is 0. The fourth-order valence-electron chi connectivity index (χ4n) is 2.46. The van der Waals surface area contributed by atoms with E-state index < -0.39 is 0 Å². The van der Waals surface area contributed by atoms with Gasteiger partial charge in [-0.05, 0) is 24.3 Å². The van der Waals surface area contributed by atoms with Crippen LogP contribution < -0.4 is 0 Å². The highest BCUT2D eigenvalue weighted by Gasteiger charge is 2.35. The topological polar surface area (TPSA) is 62.8 Å². The van der Waals surface area contributed by atoms with E-state index in [4.69, 9.17) is 0 Å². The van der Waals surface area contributed by atoms with Gasteiger partial charge in [0.1, 0.15) is 11.4 Å². The van der Waals surface area contributed by atoms with Gasteiger partial charge in [0.05, 0.1) is 16.1 Å². The molecule has 0 aliphatic heterocycles. The Labute approximate surface area is 152 Å². The zero-order valence-electron chi connectivity index (χ0n) is 12.9. The maximum absolute atomic E-state index is 12.9. The molecule has 4 rings (SSSR count). The lowest BCUT2D eigenvalue weighted by atomic mass is 10.1. The number of Topliss-reactive ketones (excluding diaryl/α,β-unsaturated/α-hetero) is 2. The summed E-state index contributed by atoms with van der Waals surface area (Å²) in [5.41, 5.74) is 0.460. The number of nitrogens with zero attached hydrogens (tertiary/aromatic N) is 1. The monoisotopic (exact) mass is 364 g/mol. The first kappa shape index (κ1) is 15.9. The molecule has 0 spiro atoms. The van der Waals surface area contributed by atoms with E-state index in [1.165, 1.54) is 29.9 Å². The van der Waals surface area contributed by atoms with Crippen LogP contribution in [0.3, 0.4) is 0 Å². The number of hydrogen-bond acceptors (Lipinski definition) is 5. The number of allylic oxidation sites excluding steroid dienone is 2. The van der Waals surface area contributed by atoms with Gasteiger partial charge in [-0.3, -0.25) is 9.59 Å². The zero-order valence-corrected chi connectivity index (χ0v) is 14.6. The predicted molar refractivity (Wildman–Crippen MR) is 98.9 cm³/mol. The summed E-state index contributed by atoms with van der Waals surface area (Å²) in [6.45, 7) is 0. The second-order valence-electron chi connectivity index (χ2n) is 5.27. The molecule has 1 N–H and O–H groups in total. The van der Waals surface area contributed by atoms with Crippen LogP contribution >= 0.6 is 23.5 Å². The van der Waals surface area contributed by atoms with E-state index in [0.717, 1.165) is 9.79 Å². The summed E-state index contributed by atoms with van der Waals surface area (Å²) in [5.74, 6) is -0.414. The molecular weight excluding hydrogens is 352 g/mol. The molecule has 1 heterocycles. The number of carbonyl (C=O) groups is 2. The van der Waals surface area contributed by atoms with Gasteiger partial charge in [0, 0.05) is 9.79 Å². The van der Waals surface area contributed by atoms with Gasteiger partial charge in [-0.15, -0.1) is 0 Å². The Hall–Kier alpha value is -2.57. The Bertz CT molecular complexity index is 901. The largest absolute Gasteiger partial charge is 0.341 e. The van der Waals surface area contributed by atoms with Crippen LogP contribution in [0.2, 0.25) is 0 Å². The summed E-state index contributed by atoms with van der Waals surface area (Å²) in [4.78, 5) is 35.3. The third kappa shape index (κ3) is 3.06. The SMILES string of the molecule is O=C1C(Sc2ccccc2)=C(Sc2ccccc2)C(=O)c2[nH]cnc21. The van der Waals surface area contributed by atoms with Crippen molar-refractivity contribution >= 4 is 35.1 Å². The van der Waals surface area contributed by atoms with Gasteiger partial charge >= 0.3 is 0 Å². The normalized spacial score (nSPS) is 13.9. The number of carbonyl (C=O) groups excluding carboxylic acids is 2. The minimum atomic E-state index is -0.219. The van der Waals surface area contributed by atoms with Gasteiger partial charge in [-0.1, -0.05) is 59.9 Å². The van der Waals surface area contributed by atoms with Crippen LogP contribution in [0.5, 0.6) is 0 Å². The highest BCUT2D eigenvalue weighted by Crippen LogP contribution is 2.42. The first-order chi connectivity index (χ1) is 12.2. The van der Waals surface area contributed by atoms with Crippen molar-refractivity contribution in [1.82, 2.24) is 9.97 Å². The van der Waals surface area contributed by atoms with Crippen LogP contribution in [0.25, 0.3) is 0 Å². The van der Waals surface area contributed by atoms with Crippen LogP contribution in [-0.4, -0.2) is 21.5 Å². The number of fused-ring (bicyclic) bond motifs is 1. The molecule has 1 aliphatic rings. The molecule has 0 saturated heterocycles. The number of benzene rings is 2. The molecule has 0 radical (unpaired) electrons. The van der Waals surface area contributed by atoms with Crippen LogP contribution in [-0.2, 0) is 0 Å². The number of aromatic nitrogens is 2. The van der Waals surface area contributed by atoms with Crippen LogP contribution in [0, 0.1) is 0 Å². The minimum Gasteiger partial charge on any atom is -0.341 e. The lowest BCUT2D eigenvalue weighted by Gasteiger charge is -2.17. The van der Waals surface area contributed by atoms with Crippen molar-refractivity contribution in [2.45, 2.75) is 9.79 Å². The second kappa shape index (κ2) is 6.74. The van der Waals surface area contributed by atoms with Gasteiger partial charge < -0.3 is 4.98 Å². The number of nitrogens with one attached hydrogen (secondary N) is 1. The number of H-pyrrole nitrogens is 1. The molecule has 1 aliphatic carbocycles. The van der Waals surface area contributed by atoms with Crippen molar-refractivity contribution in [2.75, 3.05) is 0 Å². The Morgan fingerprint density at radius 1 is 0.720 bits per heavy atom. The quantitative estimate of drug-likeness (QED) is 0.734. The number of rotatable bonds is 4. The van der Waals surface area contributed by atoms with Gasteiger partial charge in [0.2, 0.25) is 11.6 Å². The lowest BCUT2D eigenvalue weighted by molar-refractivity contribution is 0.0983. The van der Waals surface area contributed by atoms with Crippen LogP contribution in [0.4, 0.5) is 0 Å². The van der Waals surface area contributed by atoms with Crippen molar-refractivity contribution in [3.05, 3.63) is 88.2 Å². The van der Waals surface area contributed by atoms with E-state index in [0.29, 0.717) is 9.81 Å². The van der Waals surface area contributed by atoms with Crippen molar-refractivity contribution < 1.29 is 9.59 Å².